The molecule has 0 bridgehead atoms. The minimum Gasteiger partial charge on any atom is -0.466 e. The maximum absolute atomic E-state index is 11.5. The molecule has 0 heterocycles. The molecule has 0 aliphatic carbocycles. The first kappa shape index (κ1) is 14.6. The number of ether oxygens (including phenoxy) is 1. The number of nitro benzene ring substituents is 1. The first-order valence-electron chi connectivity index (χ1n) is 5.89. The maximum atomic E-state index is 11.5. The predicted octanol–water partition coefficient (Wildman–Crippen LogP) is 2.13. The Labute approximate surface area is 110 Å². The molecule has 0 atom stereocenters. The van der Waals surface area contributed by atoms with Crippen LogP contribution in [0.2, 0.25) is 0 Å². The van der Waals surface area contributed by atoms with Gasteiger partial charge in [0.25, 0.3) is 5.69 Å². The van der Waals surface area contributed by atoms with E-state index in [2.05, 4.69) is 0 Å². The van der Waals surface area contributed by atoms with Crippen LogP contribution >= 0.6 is 0 Å². The molecule has 0 radical (unpaired) electrons. The Morgan fingerprint density at radius 1 is 1.47 bits per heavy atom. The fourth-order valence-corrected chi connectivity index (χ4v) is 1.83. The van der Waals surface area contributed by atoms with Gasteiger partial charge in [-0.25, -0.2) is 0 Å². The number of hydrogen-bond donors (Lipinski definition) is 0. The van der Waals surface area contributed by atoms with Crippen molar-refractivity contribution < 1.29 is 14.5 Å². The number of nitro groups is 1. The summed E-state index contributed by atoms with van der Waals surface area (Å²) in [5.41, 5.74) is 0.796. The molecule has 0 aliphatic rings. The second-order valence-electron chi connectivity index (χ2n) is 3.80. The number of aryl methyl sites for hydroxylation is 1. The number of hydrogen-bond acceptors (Lipinski definition) is 5. The van der Waals surface area contributed by atoms with Crippen LogP contribution in [0.5, 0.6) is 0 Å². The van der Waals surface area contributed by atoms with E-state index in [0.717, 1.165) is 0 Å². The van der Waals surface area contributed by atoms with Crippen molar-refractivity contribution in [3.8, 4) is 6.07 Å². The molecular formula is C13H14N2O4. The summed E-state index contributed by atoms with van der Waals surface area (Å²) in [7, 11) is 0. The van der Waals surface area contributed by atoms with Gasteiger partial charge in [0, 0.05) is 6.07 Å². The van der Waals surface area contributed by atoms with E-state index in [-0.39, 0.29) is 29.8 Å². The Morgan fingerprint density at radius 3 is 2.63 bits per heavy atom. The van der Waals surface area contributed by atoms with E-state index in [4.69, 9.17) is 10.00 Å². The molecule has 0 aliphatic heterocycles. The van der Waals surface area contributed by atoms with E-state index >= 15 is 0 Å². The molecule has 6 nitrogen and oxygen atoms in total. The average molecular weight is 262 g/mol. The predicted molar refractivity (Wildman–Crippen MR) is 67.5 cm³/mol. The van der Waals surface area contributed by atoms with Crippen LogP contribution < -0.4 is 0 Å². The quantitative estimate of drug-likeness (QED) is 0.460. The lowest BCUT2D eigenvalue weighted by atomic mass is 9.96. The van der Waals surface area contributed by atoms with Crippen LogP contribution in [0, 0.1) is 21.4 Å². The fraction of sp³-hybridized carbons (Fsp3) is 0.385. The summed E-state index contributed by atoms with van der Waals surface area (Å²) < 4.78 is 4.78. The van der Waals surface area contributed by atoms with Crippen LogP contribution in [0.1, 0.15) is 30.5 Å². The van der Waals surface area contributed by atoms with Gasteiger partial charge in [-0.05, 0) is 18.9 Å². The zero-order valence-electron chi connectivity index (χ0n) is 10.8. The fourth-order valence-electron chi connectivity index (χ4n) is 1.83. The monoisotopic (exact) mass is 262 g/mol. The number of carbonyl (C=O) groups is 1. The van der Waals surface area contributed by atoms with E-state index in [1.54, 1.807) is 13.0 Å². The van der Waals surface area contributed by atoms with E-state index in [1.165, 1.54) is 6.07 Å². The molecule has 0 saturated heterocycles. The van der Waals surface area contributed by atoms with Crippen LogP contribution in [-0.2, 0) is 22.4 Å². The van der Waals surface area contributed by atoms with Crippen LogP contribution in [0.4, 0.5) is 5.69 Å². The summed E-state index contributed by atoms with van der Waals surface area (Å²) >= 11 is 0. The third kappa shape index (κ3) is 3.28. The SMILES string of the molecule is CCOC(=O)Cc1c([N+](=O)[O-])ccc(CC)c1C#N. The largest absolute Gasteiger partial charge is 0.466 e. The summed E-state index contributed by atoms with van der Waals surface area (Å²) in [6.45, 7) is 3.69. The highest BCUT2D eigenvalue weighted by Gasteiger charge is 2.23. The number of benzene rings is 1. The van der Waals surface area contributed by atoms with Crippen LogP contribution in [0.25, 0.3) is 0 Å². The van der Waals surface area contributed by atoms with Gasteiger partial charge in [0.1, 0.15) is 0 Å². The highest BCUT2D eigenvalue weighted by atomic mass is 16.6. The molecule has 6 heteroatoms. The molecule has 100 valence electrons. The molecule has 1 aromatic carbocycles. The van der Waals surface area contributed by atoms with Crippen molar-refractivity contribution in [3.63, 3.8) is 0 Å². The number of nitriles is 1. The smallest absolute Gasteiger partial charge is 0.310 e. The van der Waals surface area contributed by atoms with Gasteiger partial charge in [-0.1, -0.05) is 13.0 Å². The Balaban J connectivity index is 3.34. The van der Waals surface area contributed by atoms with Crippen molar-refractivity contribution in [2.24, 2.45) is 0 Å². The Morgan fingerprint density at radius 2 is 2.16 bits per heavy atom. The molecule has 0 spiro atoms. The van der Waals surface area contributed by atoms with Crippen LogP contribution in [0.15, 0.2) is 12.1 Å². The summed E-state index contributed by atoms with van der Waals surface area (Å²) in [6, 6.07) is 4.82. The van der Waals surface area contributed by atoms with Crippen molar-refractivity contribution in [1.82, 2.24) is 0 Å². The van der Waals surface area contributed by atoms with E-state index in [1.807, 2.05) is 13.0 Å². The molecule has 0 N–H and O–H groups in total. The molecule has 1 aromatic rings. The van der Waals surface area contributed by atoms with Crippen molar-refractivity contribution in [2.75, 3.05) is 6.61 Å². The lowest BCUT2D eigenvalue weighted by Gasteiger charge is -2.08. The summed E-state index contributed by atoms with van der Waals surface area (Å²) in [5, 5.41) is 20.1. The highest BCUT2D eigenvalue weighted by Crippen LogP contribution is 2.26. The molecular weight excluding hydrogens is 248 g/mol. The van der Waals surface area contributed by atoms with E-state index in [9.17, 15) is 14.9 Å². The molecule has 0 saturated carbocycles. The molecule has 0 fully saturated rings. The van der Waals surface area contributed by atoms with E-state index in [0.29, 0.717) is 12.0 Å². The first-order valence-corrected chi connectivity index (χ1v) is 5.89. The molecule has 19 heavy (non-hydrogen) atoms. The van der Waals surface area contributed by atoms with Gasteiger partial charge in [-0.2, -0.15) is 5.26 Å². The van der Waals surface area contributed by atoms with Gasteiger partial charge in [0.2, 0.25) is 0 Å². The third-order valence-corrected chi connectivity index (χ3v) is 2.69. The Hall–Kier alpha value is -2.42. The van der Waals surface area contributed by atoms with Crippen molar-refractivity contribution in [3.05, 3.63) is 38.9 Å². The van der Waals surface area contributed by atoms with Gasteiger partial charge in [-0.3, -0.25) is 14.9 Å². The van der Waals surface area contributed by atoms with Gasteiger partial charge < -0.3 is 4.74 Å². The number of carbonyl (C=O) groups excluding carboxylic acids is 1. The van der Waals surface area contributed by atoms with E-state index < -0.39 is 10.9 Å². The van der Waals surface area contributed by atoms with Crippen LogP contribution in [-0.4, -0.2) is 17.5 Å². The molecule has 1 rings (SSSR count). The second-order valence-corrected chi connectivity index (χ2v) is 3.80. The van der Waals surface area contributed by atoms with Crippen molar-refractivity contribution >= 4 is 11.7 Å². The maximum Gasteiger partial charge on any atom is 0.310 e. The average Bonchev–Trinajstić information content (AvgIpc) is 2.37. The minimum atomic E-state index is -0.588. The molecule has 0 unspecified atom stereocenters. The molecule has 0 aromatic heterocycles. The van der Waals surface area contributed by atoms with Gasteiger partial charge in [-0.15, -0.1) is 0 Å². The molecule has 0 amide bonds. The number of esters is 1. The summed E-state index contributed by atoms with van der Waals surface area (Å²) in [4.78, 5) is 21.9. The van der Waals surface area contributed by atoms with Gasteiger partial charge >= 0.3 is 5.97 Å². The topological polar surface area (TPSA) is 93.2 Å². The minimum absolute atomic E-state index is 0.130. The van der Waals surface area contributed by atoms with Crippen molar-refractivity contribution in [1.29, 1.82) is 5.26 Å². The number of nitrogens with zero attached hydrogens (tertiary/aromatic N) is 2. The highest BCUT2D eigenvalue weighted by molar-refractivity contribution is 5.76. The second kappa shape index (κ2) is 6.50. The number of rotatable bonds is 5. The van der Waals surface area contributed by atoms with Crippen molar-refractivity contribution in [2.45, 2.75) is 26.7 Å². The standard InChI is InChI=1S/C13H14N2O4/c1-3-9-5-6-12(15(17)18)10(11(9)8-14)7-13(16)19-4-2/h5-6H,3-4,7H2,1-2H3. The lowest BCUT2D eigenvalue weighted by molar-refractivity contribution is -0.385. The van der Waals surface area contributed by atoms with Gasteiger partial charge in [0.05, 0.1) is 35.1 Å². The zero-order valence-corrected chi connectivity index (χ0v) is 10.8. The zero-order chi connectivity index (χ0) is 14.4. The Kier molecular flexibility index (Phi) is 5.01. The summed E-state index contributed by atoms with van der Waals surface area (Å²) in [6.07, 6.45) is 0.303. The van der Waals surface area contributed by atoms with Crippen LogP contribution in [0.3, 0.4) is 0 Å². The first-order chi connectivity index (χ1) is 9.04. The summed E-state index contributed by atoms with van der Waals surface area (Å²) in [5.74, 6) is -0.574. The third-order valence-electron chi connectivity index (χ3n) is 2.69. The normalized spacial score (nSPS) is 9.74. The van der Waals surface area contributed by atoms with Gasteiger partial charge in [0.15, 0.2) is 0 Å². The Bertz CT molecular complexity index is 546. The lowest BCUT2D eigenvalue weighted by Crippen LogP contribution is -2.11.